The van der Waals surface area contributed by atoms with E-state index in [2.05, 4.69) is 10.3 Å². The van der Waals surface area contributed by atoms with Crippen LogP contribution in [0.4, 0.5) is 5.69 Å². The number of hydrogen-bond acceptors (Lipinski definition) is 7. The quantitative estimate of drug-likeness (QED) is 0.812. The van der Waals surface area contributed by atoms with Crippen molar-refractivity contribution >= 4 is 34.8 Å². The van der Waals surface area contributed by atoms with Gasteiger partial charge in [-0.05, 0) is 24.3 Å². The lowest BCUT2D eigenvalue weighted by molar-refractivity contribution is -0.180. The summed E-state index contributed by atoms with van der Waals surface area (Å²) < 4.78 is 5.15. The van der Waals surface area contributed by atoms with E-state index in [9.17, 15) is 5.21 Å². The first kappa shape index (κ1) is 18.0. The Morgan fingerprint density at radius 3 is 2.84 bits per heavy atom. The number of rotatable bonds is 5. The van der Waals surface area contributed by atoms with Crippen LogP contribution in [0.2, 0.25) is 10.0 Å². The van der Waals surface area contributed by atoms with E-state index in [1.807, 2.05) is 0 Å². The van der Waals surface area contributed by atoms with Gasteiger partial charge < -0.3 is 10.1 Å². The van der Waals surface area contributed by atoms with E-state index >= 15 is 0 Å². The van der Waals surface area contributed by atoms with Crippen LogP contribution in [0.1, 0.15) is 0 Å². The minimum atomic E-state index is -0.532. The number of hydroxylamine groups is 4. The van der Waals surface area contributed by atoms with Crippen LogP contribution in [-0.2, 0) is 9.57 Å². The summed E-state index contributed by atoms with van der Waals surface area (Å²) in [7, 11) is 1.52. The molecule has 0 fully saturated rings. The van der Waals surface area contributed by atoms with Crippen LogP contribution in [0, 0.1) is 0 Å². The summed E-state index contributed by atoms with van der Waals surface area (Å²) in [6.45, 7) is 1.30. The molecule has 2 aliphatic rings. The molecule has 1 aromatic carbocycles. The van der Waals surface area contributed by atoms with Gasteiger partial charge in [-0.15, -0.1) is 0 Å². The molecule has 7 nitrogen and oxygen atoms in total. The molecule has 1 unspecified atom stereocenters. The lowest BCUT2D eigenvalue weighted by Crippen LogP contribution is -2.38. The molecule has 2 heterocycles. The minimum Gasteiger partial charge on any atom is -0.356 e. The van der Waals surface area contributed by atoms with Gasteiger partial charge in [-0.1, -0.05) is 35.3 Å². The number of hydrogen-bond donors (Lipinski definition) is 2. The fraction of sp³-hybridized carbons (Fsp3) is 0.312. The van der Waals surface area contributed by atoms with E-state index in [0.29, 0.717) is 40.5 Å². The highest BCUT2D eigenvalue weighted by atomic mass is 35.5. The van der Waals surface area contributed by atoms with Crippen molar-refractivity contribution in [1.29, 1.82) is 0 Å². The Bertz CT molecular complexity index is 703. The number of nitrogens with one attached hydrogen (secondary N) is 1. The van der Waals surface area contributed by atoms with Crippen LogP contribution in [0.25, 0.3) is 0 Å². The van der Waals surface area contributed by atoms with Crippen LogP contribution in [-0.4, -0.2) is 54.3 Å². The van der Waals surface area contributed by atoms with Crippen molar-refractivity contribution in [3.63, 3.8) is 0 Å². The summed E-state index contributed by atoms with van der Waals surface area (Å²) in [6, 6.07) is 5.25. The molecule has 0 aromatic heterocycles. The number of para-hydroxylation sites is 1. The van der Waals surface area contributed by atoms with Crippen LogP contribution < -0.4 is 5.32 Å². The minimum absolute atomic E-state index is 0.150. The number of allylic oxidation sites excluding steroid dienone is 2. The maximum absolute atomic E-state index is 10.1. The number of halogens is 2. The molecule has 0 amide bonds. The molecule has 0 radical (unpaired) electrons. The third-order valence-corrected chi connectivity index (χ3v) is 4.34. The first-order chi connectivity index (χ1) is 12.1. The van der Waals surface area contributed by atoms with Gasteiger partial charge in [0.2, 0.25) is 5.96 Å². The second-order valence-electron chi connectivity index (χ2n) is 5.32. The van der Waals surface area contributed by atoms with Crippen molar-refractivity contribution in [2.75, 3.05) is 32.1 Å². The van der Waals surface area contributed by atoms with E-state index in [1.165, 1.54) is 7.11 Å². The van der Waals surface area contributed by atoms with Crippen LogP contribution >= 0.6 is 23.2 Å². The topological polar surface area (TPSA) is 69.6 Å². The zero-order chi connectivity index (χ0) is 17.8. The molecule has 0 aliphatic carbocycles. The summed E-state index contributed by atoms with van der Waals surface area (Å²) in [5.74, 6) is 0.509. The fourth-order valence-electron chi connectivity index (χ4n) is 2.41. The van der Waals surface area contributed by atoms with Gasteiger partial charge in [0, 0.05) is 7.11 Å². The van der Waals surface area contributed by atoms with Crippen molar-refractivity contribution in [3.05, 3.63) is 52.2 Å². The zero-order valence-electron chi connectivity index (χ0n) is 13.5. The van der Waals surface area contributed by atoms with Crippen LogP contribution in [0.5, 0.6) is 0 Å². The molecule has 0 bridgehead atoms. The molecule has 25 heavy (non-hydrogen) atoms. The summed E-state index contributed by atoms with van der Waals surface area (Å²) in [5, 5.41) is 16.8. The molecule has 0 saturated heterocycles. The normalized spacial score (nSPS) is 19.9. The maximum Gasteiger partial charge on any atom is 0.223 e. The van der Waals surface area contributed by atoms with E-state index in [-0.39, 0.29) is 6.61 Å². The maximum atomic E-state index is 10.1. The Hall–Kier alpha value is -1.77. The van der Waals surface area contributed by atoms with Gasteiger partial charge >= 0.3 is 0 Å². The molecule has 2 N–H and O–H groups in total. The Kier molecular flexibility index (Phi) is 5.82. The molecule has 134 valence electrons. The monoisotopic (exact) mass is 384 g/mol. The van der Waals surface area contributed by atoms with Crippen LogP contribution in [0.15, 0.2) is 47.1 Å². The highest BCUT2D eigenvalue weighted by molar-refractivity contribution is 6.39. The zero-order valence-corrected chi connectivity index (χ0v) is 15.0. The number of ether oxygens (including phenoxy) is 1. The highest BCUT2D eigenvalue weighted by Crippen LogP contribution is 2.30. The third-order valence-electron chi connectivity index (χ3n) is 3.71. The molecule has 3 rings (SSSR count). The lowest BCUT2D eigenvalue weighted by Gasteiger charge is -2.29. The number of guanidine groups is 1. The summed E-state index contributed by atoms with van der Waals surface area (Å²) in [4.78, 5) is 10.1. The van der Waals surface area contributed by atoms with Crippen molar-refractivity contribution in [2.45, 2.75) is 6.23 Å². The van der Waals surface area contributed by atoms with Crippen molar-refractivity contribution < 1.29 is 14.8 Å². The van der Waals surface area contributed by atoms with Gasteiger partial charge in [-0.3, -0.25) is 10.0 Å². The second-order valence-corrected chi connectivity index (χ2v) is 6.13. The Labute approximate surface area is 155 Å². The average Bonchev–Trinajstić information content (AvgIpc) is 3.04. The fourth-order valence-corrected chi connectivity index (χ4v) is 2.90. The van der Waals surface area contributed by atoms with Crippen molar-refractivity contribution in [3.8, 4) is 0 Å². The number of anilines is 1. The van der Waals surface area contributed by atoms with Gasteiger partial charge in [0.1, 0.15) is 6.61 Å². The van der Waals surface area contributed by atoms with Gasteiger partial charge in [-0.2, -0.15) is 0 Å². The Morgan fingerprint density at radius 1 is 1.36 bits per heavy atom. The largest absolute Gasteiger partial charge is 0.356 e. The first-order valence-electron chi connectivity index (χ1n) is 7.64. The summed E-state index contributed by atoms with van der Waals surface area (Å²) >= 11 is 12.3. The number of methoxy groups -OCH3 is 1. The molecule has 9 heteroatoms. The summed E-state index contributed by atoms with van der Waals surface area (Å²) in [5.41, 5.74) is 1.14. The molecule has 0 spiro atoms. The van der Waals surface area contributed by atoms with Crippen molar-refractivity contribution in [1.82, 2.24) is 10.1 Å². The lowest BCUT2D eigenvalue weighted by atomic mass is 10.3. The van der Waals surface area contributed by atoms with Gasteiger partial charge in [0.25, 0.3) is 0 Å². The molecule has 2 aliphatic heterocycles. The molecular formula is C16H18Cl2N4O3. The highest BCUT2D eigenvalue weighted by Gasteiger charge is 2.23. The number of aliphatic imine (C=N–C) groups is 1. The standard InChI is InChI=1S/C16H18Cl2N4O3/c1-24-14-7-2-4-11(22(14)23)10-25-21-9-8-19-16(21)20-15-12(17)5-3-6-13(15)18/h2-7,14,23H,8-10H2,1H3,(H,19,20). The first-order valence-corrected chi connectivity index (χ1v) is 8.40. The Morgan fingerprint density at radius 2 is 2.12 bits per heavy atom. The van der Waals surface area contributed by atoms with Crippen molar-refractivity contribution in [2.24, 2.45) is 4.99 Å². The SMILES string of the molecule is COC1C=CC=C(CON2CCN=C2Nc2c(Cl)cccc2Cl)N1O. The second kappa shape index (κ2) is 8.07. The summed E-state index contributed by atoms with van der Waals surface area (Å²) in [6.07, 6.45) is 4.75. The van der Waals surface area contributed by atoms with Gasteiger partial charge in [0.05, 0.1) is 34.5 Å². The number of nitrogens with zero attached hydrogens (tertiary/aromatic N) is 3. The molecule has 1 atom stereocenters. The average molecular weight is 385 g/mol. The predicted molar refractivity (Wildman–Crippen MR) is 96.7 cm³/mol. The molecule has 1 aromatic rings. The molecular weight excluding hydrogens is 367 g/mol. The predicted octanol–water partition coefficient (Wildman–Crippen LogP) is 3.13. The number of benzene rings is 1. The van der Waals surface area contributed by atoms with Gasteiger partial charge in [0.15, 0.2) is 6.23 Å². The van der Waals surface area contributed by atoms with Gasteiger partial charge in [-0.25, -0.2) is 15.1 Å². The van der Waals surface area contributed by atoms with Crippen LogP contribution in [0.3, 0.4) is 0 Å². The van der Waals surface area contributed by atoms with E-state index < -0.39 is 6.23 Å². The van der Waals surface area contributed by atoms with E-state index in [1.54, 1.807) is 41.5 Å². The van der Waals surface area contributed by atoms with E-state index in [0.717, 1.165) is 5.06 Å². The molecule has 0 saturated carbocycles. The van der Waals surface area contributed by atoms with E-state index in [4.69, 9.17) is 32.8 Å². The third kappa shape index (κ3) is 4.08. The Balaban J connectivity index is 1.63. The smallest absolute Gasteiger partial charge is 0.223 e.